The number of hydrogen-bond acceptors (Lipinski definition) is 0. The highest BCUT2D eigenvalue weighted by Gasteiger charge is 2.28. The summed E-state index contributed by atoms with van der Waals surface area (Å²) in [4.78, 5) is 0. The molecule has 19 aromatic carbocycles. The second-order valence-electron chi connectivity index (χ2n) is 33.3. The molecule has 0 fully saturated rings. The predicted octanol–water partition coefficient (Wildman–Crippen LogP) is 30.0. The third kappa shape index (κ3) is 10.5. The zero-order chi connectivity index (χ0) is 80.5. The van der Waals surface area contributed by atoms with E-state index in [4.69, 9.17) is 0 Å². The summed E-state index contributed by atoms with van der Waals surface area (Å²) in [6, 6.07) is 156. The molecule has 0 radical (unpaired) electrons. The van der Waals surface area contributed by atoms with Gasteiger partial charge in [-0.1, -0.05) is 297 Å². The summed E-state index contributed by atoms with van der Waals surface area (Å²) in [7, 11) is 0. The highest BCUT2D eigenvalue weighted by Crippen LogP contribution is 2.48. The molecule has 6 heterocycles. The second kappa shape index (κ2) is 27.3. The van der Waals surface area contributed by atoms with Crippen molar-refractivity contribution in [3.05, 3.63) is 458 Å². The van der Waals surface area contributed by atoms with Crippen LogP contribution in [-0.2, 0) is 19.3 Å². The van der Waals surface area contributed by atoms with Crippen molar-refractivity contribution in [1.29, 1.82) is 0 Å². The van der Waals surface area contributed by atoms with Crippen molar-refractivity contribution in [2.45, 2.75) is 19.3 Å². The number of aromatic nitrogens is 6. The van der Waals surface area contributed by atoms with Gasteiger partial charge in [-0.05, 0) is 218 Å². The first-order valence-corrected chi connectivity index (χ1v) is 42.8. The van der Waals surface area contributed by atoms with Gasteiger partial charge in [-0.15, -0.1) is 0 Å². The van der Waals surface area contributed by atoms with Gasteiger partial charge in [0.15, 0.2) is 0 Å². The van der Waals surface area contributed by atoms with Gasteiger partial charge in [0, 0.05) is 99.5 Å². The Bertz CT molecular complexity index is 8590. The van der Waals surface area contributed by atoms with E-state index in [1.54, 1.807) is 0 Å². The van der Waals surface area contributed by atoms with Gasteiger partial charge in [0.05, 0.1) is 71.9 Å². The zero-order valence-electron chi connectivity index (χ0n) is 67.2. The van der Waals surface area contributed by atoms with Crippen LogP contribution in [0.1, 0.15) is 33.4 Å². The first kappa shape index (κ1) is 69.0. The van der Waals surface area contributed by atoms with Crippen LogP contribution in [0.5, 0.6) is 0 Å². The average Bonchev–Trinajstić information content (AvgIpc) is 1.57. The minimum absolute atomic E-state index is 0.961. The number of nitrogens with zero attached hydrogens (tertiary/aromatic N) is 6. The van der Waals surface area contributed by atoms with Crippen molar-refractivity contribution in [3.63, 3.8) is 0 Å². The van der Waals surface area contributed by atoms with Crippen LogP contribution in [0.2, 0.25) is 0 Å². The van der Waals surface area contributed by atoms with Gasteiger partial charge in [-0.25, -0.2) is 0 Å². The van der Waals surface area contributed by atoms with Gasteiger partial charge in [0.25, 0.3) is 0 Å². The minimum Gasteiger partial charge on any atom is -0.309 e. The number of para-hydroxylation sites is 9. The molecule has 0 N–H and O–H groups in total. The number of fused-ring (bicyclic) bond motifs is 27. The SMILES string of the molecule is c1cc(-c2cccc3c2Cc2ccccc2-3)cc(-n2c3ccccc3c3cc(-n4c5ccccc5c5ccccc54)ccc32)c1.c1ccc2c(c1)Cc1c-2cccc1-n1c2ccccc2c2ccc(-n3c4ccccc4c4ccccc43)cc21.c1ccc2c(c1)Cc1ccc(-n3c4ccccc4c4ccc(-n5c6ccccc6c6ccccc65)cc43)cc1-2. The number of hydrogen-bond donors (Lipinski definition) is 0. The summed E-state index contributed by atoms with van der Waals surface area (Å²) < 4.78 is 14.6. The van der Waals surface area contributed by atoms with Crippen molar-refractivity contribution >= 4 is 131 Å². The molecule has 0 aliphatic heterocycles. The Morgan fingerprint density at radius 1 is 0.138 bits per heavy atom. The van der Waals surface area contributed by atoms with E-state index in [0.717, 1.165) is 19.3 Å². The van der Waals surface area contributed by atoms with Gasteiger partial charge in [0.2, 0.25) is 0 Å². The van der Waals surface area contributed by atoms with Crippen molar-refractivity contribution in [2.75, 3.05) is 0 Å². The maximum absolute atomic E-state index is 2.49. The molecule has 6 nitrogen and oxygen atoms in total. The number of rotatable bonds is 7. The highest BCUT2D eigenvalue weighted by molar-refractivity contribution is 6.16. The van der Waals surface area contributed by atoms with Crippen LogP contribution >= 0.6 is 0 Å². The molecule has 574 valence electrons. The second-order valence-corrected chi connectivity index (χ2v) is 33.3. The van der Waals surface area contributed by atoms with E-state index in [9.17, 15) is 0 Å². The topological polar surface area (TPSA) is 29.6 Å². The molecule has 6 aromatic heterocycles. The summed E-state index contributed by atoms with van der Waals surface area (Å²) in [5.74, 6) is 0. The fourth-order valence-corrected chi connectivity index (χ4v) is 21.6. The van der Waals surface area contributed by atoms with Crippen molar-refractivity contribution in [2.24, 2.45) is 0 Å². The van der Waals surface area contributed by atoms with E-state index in [-0.39, 0.29) is 0 Å². The molecule has 0 saturated carbocycles. The fourth-order valence-electron chi connectivity index (χ4n) is 21.6. The average molecular weight is 1570 g/mol. The van der Waals surface area contributed by atoms with Gasteiger partial charge in [-0.2, -0.15) is 0 Å². The Morgan fingerprint density at radius 2 is 0.423 bits per heavy atom. The smallest absolute Gasteiger partial charge is 0.0562 e. The molecule has 0 atom stereocenters. The Morgan fingerprint density at radius 3 is 0.894 bits per heavy atom. The van der Waals surface area contributed by atoms with Crippen LogP contribution in [0, 0.1) is 0 Å². The zero-order valence-corrected chi connectivity index (χ0v) is 67.2. The Labute approximate surface area is 709 Å². The van der Waals surface area contributed by atoms with Gasteiger partial charge in [-0.3, -0.25) is 0 Å². The van der Waals surface area contributed by atoms with E-state index >= 15 is 0 Å². The molecule has 3 aliphatic rings. The molecule has 6 heteroatoms. The van der Waals surface area contributed by atoms with Crippen molar-refractivity contribution < 1.29 is 0 Å². The van der Waals surface area contributed by atoms with Gasteiger partial charge >= 0.3 is 0 Å². The normalized spacial score (nSPS) is 12.5. The van der Waals surface area contributed by atoms with Gasteiger partial charge in [0.1, 0.15) is 0 Å². The Kier molecular flexibility index (Phi) is 15.3. The van der Waals surface area contributed by atoms with E-state index in [1.165, 1.54) is 243 Å². The highest BCUT2D eigenvalue weighted by atomic mass is 15.0. The van der Waals surface area contributed by atoms with Crippen molar-refractivity contribution in [1.82, 2.24) is 27.4 Å². The Hall–Kier alpha value is -16.0. The molecular weight excluding hydrogens is 1490 g/mol. The third-order valence-electron chi connectivity index (χ3n) is 26.9. The third-order valence-corrected chi connectivity index (χ3v) is 26.9. The Balaban J connectivity index is 0.0000000993. The lowest BCUT2D eigenvalue weighted by Gasteiger charge is -2.14. The van der Waals surface area contributed by atoms with Crippen molar-refractivity contribution in [3.8, 4) is 78.6 Å². The van der Waals surface area contributed by atoms with E-state index < -0.39 is 0 Å². The molecule has 28 rings (SSSR count). The predicted molar refractivity (Wildman–Crippen MR) is 516 cm³/mol. The van der Waals surface area contributed by atoms with Crippen LogP contribution in [0.3, 0.4) is 0 Å². The van der Waals surface area contributed by atoms with Crippen LogP contribution in [0.25, 0.3) is 209 Å². The first-order valence-electron chi connectivity index (χ1n) is 42.8. The first-order chi connectivity index (χ1) is 61.0. The lowest BCUT2D eigenvalue weighted by Crippen LogP contribution is -2.00. The summed E-state index contributed by atoms with van der Waals surface area (Å²) in [5.41, 5.74) is 41.2. The standard InChI is InChI=1S/C43H28N2.2C37H24N2/c1-2-14-32-29(11-1)26-38-33(18-10-19-34(32)38)28-12-9-13-30(25-28)44-42-22-8-5-17-37(42)39-27-31(23-24-43(39)44)45-40-20-6-3-15-35(40)36-16-4-7-21-41(36)45;1-2-11-26-24(10-1)22-32-27(26)15-9-19-36(32)39-35-18-8-5-14-30(35)31-21-20-25(23-37(31)39)38-33-16-6-3-12-28(33)29-13-4-7-17-34(29)38;1-2-10-28-24(9-1)21-25-17-18-26(22-33(25)28)39-36-16-8-5-13-31(36)32-20-19-27(23-37(32)39)38-34-14-6-3-11-29(34)30-12-4-7-15-35(30)38/h1-25,27H,26H2;1-21,23H,22H2;1-20,22-23H,21H2. The summed E-state index contributed by atoms with van der Waals surface area (Å²) in [5, 5.41) is 15.3. The maximum atomic E-state index is 2.49. The molecule has 25 aromatic rings. The minimum atomic E-state index is 0.961. The molecule has 0 saturated heterocycles. The molecule has 0 spiro atoms. The van der Waals surface area contributed by atoms with Crippen LogP contribution in [0.15, 0.2) is 425 Å². The molecule has 3 aliphatic carbocycles. The van der Waals surface area contributed by atoms with Crippen LogP contribution < -0.4 is 0 Å². The summed E-state index contributed by atoms with van der Waals surface area (Å²) in [6.07, 6.45) is 2.95. The van der Waals surface area contributed by atoms with Crippen LogP contribution in [0.4, 0.5) is 0 Å². The van der Waals surface area contributed by atoms with E-state index in [2.05, 4.69) is 452 Å². The fraction of sp³-hybridized carbons (Fsp3) is 0.0256. The summed E-state index contributed by atoms with van der Waals surface area (Å²) >= 11 is 0. The quantitative estimate of drug-likeness (QED) is 0.152. The monoisotopic (exact) mass is 1560 g/mol. The lowest BCUT2D eigenvalue weighted by molar-refractivity contribution is 1.11. The lowest BCUT2D eigenvalue weighted by atomic mass is 9.95. The van der Waals surface area contributed by atoms with E-state index in [0.29, 0.717) is 0 Å². The largest absolute Gasteiger partial charge is 0.309 e. The molecular formula is C117H76N6. The summed E-state index contributed by atoms with van der Waals surface area (Å²) in [6.45, 7) is 0. The number of benzene rings is 19. The molecule has 0 bridgehead atoms. The van der Waals surface area contributed by atoms with E-state index in [1.807, 2.05) is 0 Å². The molecule has 0 amide bonds. The maximum Gasteiger partial charge on any atom is 0.0562 e. The van der Waals surface area contributed by atoms with Crippen LogP contribution in [-0.4, -0.2) is 27.4 Å². The molecule has 0 unspecified atom stereocenters. The van der Waals surface area contributed by atoms with Gasteiger partial charge < -0.3 is 27.4 Å². The molecule has 123 heavy (non-hydrogen) atoms.